The average molecular weight is 475 g/mol. The van der Waals surface area contributed by atoms with Gasteiger partial charge in [-0.05, 0) is 29.8 Å². The van der Waals surface area contributed by atoms with Crippen molar-refractivity contribution in [2.24, 2.45) is 0 Å². The Labute approximate surface area is 192 Å². The molecule has 0 aromatic heterocycles. The monoisotopic (exact) mass is 474 g/mol. The molecule has 10 heteroatoms. The molecule has 0 aliphatic carbocycles. The lowest BCUT2D eigenvalue weighted by Crippen LogP contribution is -2.33. The molecular weight excluding hydrogens is 460 g/mol. The number of ether oxygens (including phenoxy) is 2. The van der Waals surface area contributed by atoms with Crippen molar-refractivity contribution in [1.82, 2.24) is 4.90 Å². The third-order valence-electron chi connectivity index (χ3n) is 4.23. The van der Waals surface area contributed by atoms with Gasteiger partial charge in [0.15, 0.2) is 11.5 Å². The minimum atomic E-state index is -1.15. The first kappa shape index (κ1) is 22.6. The average Bonchev–Trinajstić information content (AvgIpc) is 2.99. The molecule has 158 valence electrons. The largest absolute Gasteiger partial charge is 0.493 e. The van der Waals surface area contributed by atoms with Crippen LogP contribution in [0.25, 0.3) is 6.08 Å². The highest BCUT2D eigenvalue weighted by atomic mass is 35.5. The molecule has 0 radical (unpaired) electrons. The molecule has 0 spiro atoms. The minimum Gasteiger partial charge on any atom is -0.493 e. The van der Waals surface area contributed by atoms with Crippen LogP contribution in [0.15, 0.2) is 41.3 Å². The summed E-state index contributed by atoms with van der Waals surface area (Å²) in [6, 6.07) is 12.4. The molecule has 1 heterocycles. The zero-order valence-corrected chi connectivity index (χ0v) is 18.5. The van der Waals surface area contributed by atoms with Crippen LogP contribution in [-0.4, -0.2) is 39.9 Å². The van der Waals surface area contributed by atoms with E-state index < -0.39 is 18.4 Å². The van der Waals surface area contributed by atoms with Crippen LogP contribution in [0, 0.1) is 11.3 Å². The number of hydrogen-bond donors (Lipinski definition) is 1. The van der Waals surface area contributed by atoms with Gasteiger partial charge in [-0.3, -0.25) is 14.5 Å². The van der Waals surface area contributed by atoms with Crippen molar-refractivity contribution in [3.8, 4) is 17.6 Å². The summed E-state index contributed by atoms with van der Waals surface area (Å²) in [5.41, 5.74) is 1.76. The SMILES string of the molecule is COc1cc(/C=C2/SC(=S)N(CC(=O)O)C2=O)cc(Cl)c1OCc1ccccc1C#N. The Morgan fingerprint density at radius 3 is 2.81 bits per heavy atom. The van der Waals surface area contributed by atoms with Crippen molar-refractivity contribution in [1.29, 1.82) is 5.26 Å². The van der Waals surface area contributed by atoms with E-state index in [9.17, 15) is 14.9 Å². The standard InChI is InChI=1S/C21H15ClN2O5S2/c1-28-16-7-12(8-17-20(27)24(10-18(25)26)21(30)31-17)6-15(22)19(16)29-11-14-5-3-2-4-13(14)9-23/h2-8H,10-11H2,1H3,(H,25,26)/b17-8+. The summed E-state index contributed by atoms with van der Waals surface area (Å²) in [7, 11) is 1.46. The fourth-order valence-electron chi connectivity index (χ4n) is 2.79. The number of carbonyl (C=O) groups is 2. The number of carbonyl (C=O) groups excluding carboxylic acids is 1. The van der Waals surface area contributed by atoms with Crippen LogP contribution in [-0.2, 0) is 16.2 Å². The molecule has 1 fully saturated rings. The fraction of sp³-hybridized carbons (Fsp3) is 0.143. The second-order valence-corrected chi connectivity index (χ2v) is 8.34. The van der Waals surface area contributed by atoms with E-state index in [2.05, 4.69) is 6.07 Å². The Hall–Kier alpha value is -3.06. The van der Waals surface area contributed by atoms with E-state index in [-0.39, 0.29) is 20.9 Å². The Morgan fingerprint density at radius 2 is 2.13 bits per heavy atom. The Morgan fingerprint density at radius 1 is 1.39 bits per heavy atom. The van der Waals surface area contributed by atoms with Crippen LogP contribution in [0.5, 0.6) is 11.5 Å². The van der Waals surface area contributed by atoms with Crippen molar-refractivity contribution in [2.75, 3.05) is 13.7 Å². The second-order valence-electron chi connectivity index (χ2n) is 6.25. The number of carboxylic acid groups (broad SMARTS) is 1. The predicted molar refractivity (Wildman–Crippen MR) is 121 cm³/mol. The number of thioether (sulfide) groups is 1. The van der Waals surface area contributed by atoms with Gasteiger partial charge in [0.05, 0.1) is 28.7 Å². The van der Waals surface area contributed by atoms with Crippen molar-refractivity contribution in [3.05, 3.63) is 63.0 Å². The number of nitrogens with zero attached hydrogens (tertiary/aromatic N) is 2. The normalized spacial score (nSPS) is 14.6. The summed E-state index contributed by atoms with van der Waals surface area (Å²) in [6.45, 7) is -0.379. The maximum absolute atomic E-state index is 12.5. The Bertz CT molecular complexity index is 1140. The van der Waals surface area contributed by atoms with Gasteiger partial charge in [0.2, 0.25) is 0 Å². The van der Waals surface area contributed by atoms with Crippen LogP contribution >= 0.6 is 35.6 Å². The number of benzene rings is 2. The highest BCUT2D eigenvalue weighted by Gasteiger charge is 2.33. The molecule has 2 aromatic rings. The van der Waals surface area contributed by atoms with Gasteiger partial charge in [-0.25, -0.2) is 0 Å². The molecule has 3 rings (SSSR count). The highest BCUT2D eigenvalue weighted by molar-refractivity contribution is 8.26. The van der Waals surface area contributed by atoms with Crippen LogP contribution in [0.3, 0.4) is 0 Å². The number of rotatable bonds is 7. The molecule has 0 atom stereocenters. The van der Waals surface area contributed by atoms with Crippen LogP contribution in [0.4, 0.5) is 0 Å². The van der Waals surface area contributed by atoms with Gasteiger partial charge in [0, 0.05) is 5.56 Å². The molecule has 0 saturated carbocycles. The van der Waals surface area contributed by atoms with Gasteiger partial charge in [0.25, 0.3) is 5.91 Å². The third-order valence-corrected chi connectivity index (χ3v) is 5.88. The first-order valence-corrected chi connectivity index (χ1v) is 10.4. The van der Waals surface area contributed by atoms with E-state index in [1.165, 1.54) is 7.11 Å². The van der Waals surface area contributed by atoms with Crippen molar-refractivity contribution in [2.45, 2.75) is 6.61 Å². The molecule has 31 heavy (non-hydrogen) atoms. The zero-order valence-electron chi connectivity index (χ0n) is 16.1. The number of amides is 1. The number of aliphatic carboxylic acids is 1. The van der Waals surface area contributed by atoms with E-state index in [1.807, 2.05) is 6.07 Å². The maximum Gasteiger partial charge on any atom is 0.323 e. The third kappa shape index (κ3) is 5.17. The summed E-state index contributed by atoms with van der Waals surface area (Å²) < 4.78 is 11.4. The van der Waals surface area contributed by atoms with E-state index in [4.69, 9.17) is 38.4 Å². The number of nitriles is 1. The van der Waals surface area contributed by atoms with Gasteiger partial charge in [-0.1, -0.05) is 53.8 Å². The van der Waals surface area contributed by atoms with Crippen LogP contribution < -0.4 is 9.47 Å². The fourth-order valence-corrected chi connectivity index (χ4v) is 4.32. The predicted octanol–water partition coefficient (Wildman–Crippen LogP) is 4.09. The summed E-state index contributed by atoms with van der Waals surface area (Å²) in [5, 5.41) is 18.4. The number of methoxy groups -OCH3 is 1. The summed E-state index contributed by atoms with van der Waals surface area (Å²) in [6.07, 6.45) is 1.56. The Kier molecular flexibility index (Phi) is 7.17. The molecule has 0 bridgehead atoms. The molecule has 0 unspecified atom stereocenters. The van der Waals surface area contributed by atoms with Crippen LogP contribution in [0.2, 0.25) is 5.02 Å². The quantitative estimate of drug-likeness (QED) is 0.473. The smallest absolute Gasteiger partial charge is 0.323 e. The van der Waals surface area contributed by atoms with Gasteiger partial charge in [-0.2, -0.15) is 5.26 Å². The number of hydrogen-bond acceptors (Lipinski definition) is 7. The van der Waals surface area contributed by atoms with Gasteiger partial charge in [0.1, 0.15) is 17.5 Å². The molecule has 1 N–H and O–H groups in total. The first-order chi connectivity index (χ1) is 14.8. The lowest BCUT2D eigenvalue weighted by atomic mass is 10.1. The number of carboxylic acids is 1. The van der Waals surface area contributed by atoms with E-state index in [0.717, 1.165) is 16.7 Å². The van der Waals surface area contributed by atoms with Crippen molar-refractivity contribution >= 4 is 57.9 Å². The zero-order chi connectivity index (χ0) is 22.5. The molecule has 1 aliphatic heterocycles. The van der Waals surface area contributed by atoms with Crippen molar-refractivity contribution < 1.29 is 24.2 Å². The lowest BCUT2D eigenvalue weighted by Gasteiger charge is -2.14. The second kappa shape index (κ2) is 9.83. The van der Waals surface area contributed by atoms with E-state index >= 15 is 0 Å². The molecule has 2 aromatic carbocycles. The first-order valence-electron chi connectivity index (χ1n) is 8.79. The van der Waals surface area contributed by atoms with Crippen LogP contribution in [0.1, 0.15) is 16.7 Å². The van der Waals surface area contributed by atoms with E-state index in [1.54, 1.807) is 36.4 Å². The highest BCUT2D eigenvalue weighted by Crippen LogP contribution is 2.39. The van der Waals surface area contributed by atoms with Gasteiger partial charge in [-0.15, -0.1) is 0 Å². The summed E-state index contributed by atoms with van der Waals surface area (Å²) >= 11 is 12.5. The Balaban J connectivity index is 1.85. The molecule has 7 nitrogen and oxygen atoms in total. The molecule has 1 aliphatic rings. The maximum atomic E-state index is 12.5. The molecular formula is C21H15ClN2O5S2. The summed E-state index contributed by atoms with van der Waals surface area (Å²) in [5.74, 6) is -0.996. The topological polar surface area (TPSA) is 99.9 Å². The minimum absolute atomic E-state index is 0.118. The van der Waals surface area contributed by atoms with Crippen molar-refractivity contribution in [3.63, 3.8) is 0 Å². The van der Waals surface area contributed by atoms with E-state index in [0.29, 0.717) is 28.2 Å². The number of halogens is 1. The lowest BCUT2D eigenvalue weighted by molar-refractivity contribution is -0.140. The molecule has 1 saturated heterocycles. The number of thiocarbonyl (C=S) groups is 1. The van der Waals surface area contributed by atoms with Gasteiger partial charge >= 0.3 is 5.97 Å². The molecule has 1 amide bonds. The van der Waals surface area contributed by atoms with Gasteiger partial charge < -0.3 is 14.6 Å². The summed E-state index contributed by atoms with van der Waals surface area (Å²) in [4.78, 5) is 24.7.